The Morgan fingerprint density at radius 2 is 0.720 bits per heavy atom. The van der Waals surface area contributed by atoms with Crippen LogP contribution < -0.4 is 0 Å². The summed E-state index contributed by atoms with van der Waals surface area (Å²) in [7, 11) is 0. The molecule has 0 heterocycles. The Labute approximate surface area is 166 Å². The zero-order valence-corrected chi connectivity index (χ0v) is 18.8. The van der Waals surface area contributed by atoms with Crippen LogP contribution in [0.4, 0.5) is 0 Å². The van der Waals surface area contributed by atoms with E-state index in [2.05, 4.69) is 26.5 Å². The number of unbranched alkanes of at least 4 members (excludes halogenated alkanes) is 16. The molecule has 0 aromatic carbocycles. The maximum absolute atomic E-state index is 4.60. The lowest BCUT2D eigenvalue weighted by molar-refractivity contribution is 0.436. The SMILES string of the molecule is CCCCCCCCCCCCC(CS)CCCCCCCCCC. The minimum atomic E-state index is 0.887. The number of thiol groups is 1. The molecule has 0 radical (unpaired) electrons. The lowest BCUT2D eigenvalue weighted by Crippen LogP contribution is -2.02. The van der Waals surface area contributed by atoms with Crippen molar-refractivity contribution in [1.82, 2.24) is 0 Å². The van der Waals surface area contributed by atoms with Crippen molar-refractivity contribution in [3.8, 4) is 0 Å². The highest BCUT2D eigenvalue weighted by molar-refractivity contribution is 7.80. The molecule has 0 fully saturated rings. The first-order valence-electron chi connectivity index (χ1n) is 12.0. The second-order valence-electron chi connectivity index (χ2n) is 8.28. The standard InChI is InChI=1S/C24H50S/c1-3-5-7-9-11-13-14-16-18-20-22-24(23-25)21-19-17-15-12-10-8-6-4-2/h24-25H,3-23H2,1-2H3. The molecule has 0 N–H and O–H groups in total. The maximum Gasteiger partial charge on any atom is -0.00695 e. The number of hydrogen-bond donors (Lipinski definition) is 1. The zero-order valence-electron chi connectivity index (χ0n) is 17.9. The quantitative estimate of drug-likeness (QED) is 0.151. The van der Waals surface area contributed by atoms with E-state index < -0.39 is 0 Å². The summed E-state index contributed by atoms with van der Waals surface area (Å²) >= 11 is 4.60. The summed E-state index contributed by atoms with van der Waals surface area (Å²) in [5.41, 5.74) is 0. The molecule has 0 aliphatic heterocycles. The highest BCUT2D eigenvalue weighted by Gasteiger charge is 2.06. The van der Waals surface area contributed by atoms with E-state index in [4.69, 9.17) is 0 Å². The third-order valence-electron chi connectivity index (χ3n) is 5.69. The molecule has 0 amide bonds. The Balaban J connectivity index is 3.28. The largest absolute Gasteiger partial charge is 0.179 e. The molecule has 0 saturated carbocycles. The average molecular weight is 371 g/mol. The van der Waals surface area contributed by atoms with Crippen LogP contribution in [0.2, 0.25) is 0 Å². The van der Waals surface area contributed by atoms with Gasteiger partial charge in [0.05, 0.1) is 0 Å². The first-order chi connectivity index (χ1) is 12.3. The molecule has 1 unspecified atom stereocenters. The molecule has 0 spiro atoms. The van der Waals surface area contributed by atoms with Crippen LogP contribution in [0, 0.1) is 5.92 Å². The minimum absolute atomic E-state index is 0.887. The van der Waals surface area contributed by atoms with Gasteiger partial charge in [-0.1, -0.05) is 129 Å². The summed E-state index contributed by atoms with van der Waals surface area (Å²) in [5.74, 6) is 1.99. The van der Waals surface area contributed by atoms with Crippen LogP contribution in [0.1, 0.15) is 142 Å². The van der Waals surface area contributed by atoms with E-state index in [0.29, 0.717) is 0 Å². The predicted molar refractivity (Wildman–Crippen MR) is 121 cm³/mol. The molecule has 0 aromatic heterocycles. The van der Waals surface area contributed by atoms with E-state index >= 15 is 0 Å². The van der Waals surface area contributed by atoms with Gasteiger partial charge in [0, 0.05) is 0 Å². The number of hydrogen-bond acceptors (Lipinski definition) is 1. The molecule has 0 aliphatic carbocycles. The van der Waals surface area contributed by atoms with Gasteiger partial charge in [-0.2, -0.15) is 12.6 Å². The van der Waals surface area contributed by atoms with E-state index in [-0.39, 0.29) is 0 Å². The Hall–Kier alpha value is 0.350. The maximum atomic E-state index is 4.60. The molecule has 152 valence electrons. The van der Waals surface area contributed by atoms with E-state index in [1.54, 1.807) is 0 Å². The highest BCUT2D eigenvalue weighted by Crippen LogP contribution is 2.20. The van der Waals surface area contributed by atoms with Crippen LogP contribution in [-0.4, -0.2) is 5.75 Å². The van der Waals surface area contributed by atoms with Crippen molar-refractivity contribution in [2.75, 3.05) is 5.75 Å². The van der Waals surface area contributed by atoms with Gasteiger partial charge in [-0.3, -0.25) is 0 Å². The molecule has 0 saturated heterocycles. The smallest absolute Gasteiger partial charge is 0.00695 e. The summed E-state index contributed by atoms with van der Waals surface area (Å²) in [6.07, 6.45) is 28.9. The lowest BCUT2D eigenvalue weighted by Gasteiger charge is -2.14. The van der Waals surface area contributed by atoms with Gasteiger partial charge in [0.2, 0.25) is 0 Å². The van der Waals surface area contributed by atoms with Crippen LogP contribution in [0.25, 0.3) is 0 Å². The molecule has 1 heteroatoms. The van der Waals surface area contributed by atoms with Crippen molar-refractivity contribution >= 4 is 12.6 Å². The topological polar surface area (TPSA) is 0 Å². The van der Waals surface area contributed by atoms with Gasteiger partial charge in [-0.05, 0) is 24.5 Å². The molecule has 0 aromatic rings. The highest BCUT2D eigenvalue weighted by atomic mass is 32.1. The third-order valence-corrected chi connectivity index (χ3v) is 6.21. The van der Waals surface area contributed by atoms with E-state index in [1.807, 2.05) is 0 Å². The summed E-state index contributed by atoms with van der Waals surface area (Å²) in [6, 6.07) is 0. The molecule has 0 nitrogen and oxygen atoms in total. The fourth-order valence-corrected chi connectivity index (χ4v) is 4.18. The Bertz CT molecular complexity index is 226. The summed E-state index contributed by atoms with van der Waals surface area (Å²) < 4.78 is 0. The van der Waals surface area contributed by atoms with E-state index in [1.165, 1.54) is 128 Å². The first-order valence-corrected chi connectivity index (χ1v) is 12.6. The number of rotatable bonds is 21. The van der Waals surface area contributed by atoms with E-state index in [0.717, 1.165) is 11.7 Å². The average Bonchev–Trinajstić information content (AvgIpc) is 2.63. The van der Waals surface area contributed by atoms with Crippen molar-refractivity contribution < 1.29 is 0 Å². The van der Waals surface area contributed by atoms with Crippen molar-refractivity contribution in [1.29, 1.82) is 0 Å². The van der Waals surface area contributed by atoms with Crippen molar-refractivity contribution in [2.45, 2.75) is 142 Å². The Morgan fingerprint density at radius 1 is 0.440 bits per heavy atom. The Morgan fingerprint density at radius 3 is 1.00 bits per heavy atom. The second kappa shape index (κ2) is 22.4. The molecule has 0 aliphatic rings. The summed E-state index contributed by atoms with van der Waals surface area (Å²) in [6.45, 7) is 4.60. The summed E-state index contributed by atoms with van der Waals surface area (Å²) in [5, 5.41) is 0. The van der Waals surface area contributed by atoms with Gasteiger partial charge >= 0.3 is 0 Å². The van der Waals surface area contributed by atoms with Gasteiger partial charge in [0.25, 0.3) is 0 Å². The van der Waals surface area contributed by atoms with E-state index in [9.17, 15) is 0 Å². The lowest BCUT2D eigenvalue weighted by atomic mass is 9.95. The first kappa shape index (κ1) is 25.4. The van der Waals surface area contributed by atoms with Gasteiger partial charge in [0.1, 0.15) is 0 Å². The van der Waals surface area contributed by atoms with Crippen molar-refractivity contribution in [3.05, 3.63) is 0 Å². The van der Waals surface area contributed by atoms with Crippen molar-refractivity contribution in [2.24, 2.45) is 5.92 Å². The van der Waals surface area contributed by atoms with Gasteiger partial charge < -0.3 is 0 Å². The van der Waals surface area contributed by atoms with Crippen LogP contribution in [0.15, 0.2) is 0 Å². The monoisotopic (exact) mass is 370 g/mol. The third kappa shape index (κ3) is 20.5. The molecular weight excluding hydrogens is 320 g/mol. The predicted octanol–water partition coefficient (Wildman–Crippen LogP) is 9.37. The van der Waals surface area contributed by atoms with Crippen LogP contribution in [0.3, 0.4) is 0 Å². The molecule has 1 atom stereocenters. The minimum Gasteiger partial charge on any atom is -0.179 e. The van der Waals surface area contributed by atoms with Crippen LogP contribution >= 0.6 is 12.6 Å². The Kier molecular flexibility index (Phi) is 22.7. The summed E-state index contributed by atoms with van der Waals surface area (Å²) in [4.78, 5) is 0. The van der Waals surface area contributed by atoms with Crippen LogP contribution in [0.5, 0.6) is 0 Å². The molecule has 0 rings (SSSR count). The van der Waals surface area contributed by atoms with Gasteiger partial charge in [0.15, 0.2) is 0 Å². The fraction of sp³-hybridized carbons (Fsp3) is 1.00. The molecular formula is C24H50S. The second-order valence-corrected chi connectivity index (χ2v) is 8.65. The zero-order chi connectivity index (χ0) is 18.4. The van der Waals surface area contributed by atoms with Crippen molar-refractivity contribution in [3.63, 3.8) is 0 Å². The van der Waals surface area contributed by atoms with Gasteiger partial charge in [-0.15, -0.1) is 0 Å². The fourth-order valence-electron chi connectivity index (χ4n) is 3.81. The molecule has 0 bridgehead atoms. The van der Waals surface area contributed by atoms with Gasteiger partial charge in [-0.25, -0.2) is 0 Å². The molecule has 25 heavy (non-hydrogen) atoms. The van der Waals surface area contributed by atoms with Crippen LogP contribution in [-0.2, 0) is 0 Å². The normalized spacial score (nSPS) is 12.6.